The van der Waals surface area contributed by atoms with Gasteiger partial charge in [-0.25, -0.2) is 0 Å². The van der Waals surface area contributed by atoms with Gasteiger partial charge in [0.25, 0.3) is 0 Å². The fourth-order valence-corrected chi connectivity index (χ4v) is 5.73. The van der Waals surface area contributed by atoms with Crippen LogP contribution in [-0.2, 0) is 0 Å². The van der Waals surface area contributed by atoms with E-state index < -0.39 is 0 Å². The number of fused-ring (bicyclic) bond motifs is 1. The summed E-state index contributed by atoms with van der Waals surface area (Å²) in [4.78, 5) is 9.05. The van der Waals surface area contributed by atoms with E-state index in [0.717, 1.165) is 31.4 Å². The van der Waals surface area contributed by atoms with E-state index in [1.807, 2.05) is 61.0 Å². The molecule has 3 heterocycles. The minimum absolute atomic E-state index is 0.825. The SMILES string of the molecule is C=CC1=CNCN1c1ccccc1.C=CC1=CNCN1c1ccccc1.c1ccc(N2CN(c3ccccc3)c3ccccc32)cc1. The van der Waals surface area contributed by atoms with Gasteiger partial charge in [0.2, 0.25) is 0 Å². The van der Waals surface area contributed by atoms with Gasteiger partial charge in [-0.1, -0.05) is 98.1 Å². The summed E-state index contributed by atoms with van der Waals surface area (Å²) < 4.78 is 0. The quantitative estimate of drug-likeness (QED) is 0.198. The number of nitrogens with one attached hydrogen (secondary N) is 2. The molecule has 2 N–H and O–H groups in total. The smallest absolute Gasteiger partial charge is 0.100 e. The molecule has 6 nitrogen and oxygen atoms in total. The van der Waals surface area contributed by atoms with E-state index in [2.05, 4.69) is 153 Å². The fourth-order valence-electron chi connectivity index (χ4n) is 5.73. The molecule has 0 aromatic heterocycles. The minimum atomic E-state index is 0.825. The topological polar surface area (TPSA) is 37.0 Å². The lowest BCUT2D eigenvalue weighted by Gasteiger charge is -2.21. The van der Waals surface area contributed by atoms with Crippen molar-refractivity contribution >= 4 is 34.1 Å². The van der Waals surface area contributed by atoms with Crippen molar-refractivity contribution in [2.45, 2.75) is 0 Å². The molecular weight excluding hydrogens is 576 g/mol. The second-order valence-electron chi connectivity index (χ2n) is 11.0. The van der Waals surface area contributed by atoms with Crippen LogP contribution < -0.4 is 30.2 Å². The molecule has 3 aliphatic rings. The molecule has 5 aromatic rings. The number of para-hydroxylation sites is 6. The van der Waals surface area contributed by atoms with Crippen LogP contribution in [0.15, 0.2) is 195 Å². The Labute approximate surface area is 278 Å². The lowest BCUT2D eigenvalue weighted by atomic mass is 10.2. The largest absolute Gasteiger partial charge is 0.372 e. The molecule has 0 spiro atoms. The van der Waals surface area contributed by atoms with Gasteiger partial charge in [-0.05, 0) is 72.8 Å². The zero-order chi connectivity index (χ0) is 32.3. The van der Waals surface area contributed by atoms with Gasteiger partial charge in [0.05, 0.1) is 36.1 Å². The second kappa shape index (κ2) is 15.2. The van der Waals surface area contributed by atoms with Crippen LogP contribution in [0.4, 0.5) is 34.1 Å². The highest BCUT2D eigenvalue weighted by Crippen LogP contribution is 2.43. The van der Waals surface area contributed by atoms with Gasteiger partial charge in [0, 0.05) is 35.1 Å². The van der Waals surface area contributed by atoms with E-state index in [1.165, 1.54) is 34.1 Å². The molecule has 0 unspecified atom stereocenters. The van der Waals surface area contributed by atoms with Gasteiger partial charge < -0.3 is 30.2 Å². The minimum Gasteiger partial charge on any atom is -0.372 e. The van der Waals surface area contributed by atoms with Crippen LogP contribution in [0.25, 0.3) is 0 Å². The summed E-state index contributed by atoms with van der Waals surface area (Å²) in [7, 11) is 0. The molecule has 5 aromatic carbocycles. The third-order valence-corrected chi connectivity index (χ3v) is 8.06. The van der Waals surface area contributed by atoms with Gasteiger partial charge in [-0.3, -0.25) is 0 Å². The van der Waals surface area contributed by atoms with E-state index in [4.69, 9.17) is 0 Å². The summed E-state index contributed by atoms with van der Waals surface area (Å²) in [6.45, 7) is 10.0. The number of anilines is 6. The Kier molecular flexibility index (Phi) is 10.0. The van der Waals surface area contributed by atoms with Crippen LogP contribution in [-0.4, -0.2) is 20.0 Å². The first kappa shape index (κ1) is 30.9. The monoisotopic (exact) mass is 616 g/mol. The summed E-state index contributed by atoms with van der Waals surface area (Å²) >= 11 is 0. The Balaban J connectivity index is 0.000000130. The zero-order valence-electron chi connectivity index (χ0n) is 26.5. The highest BCUT2D eigenvalue weighted by molar-refractivity contribution is 5.86. The Bertz CT molecular complexity index is 1670. The first-order valence-corrected chi connectivity index (χ1v) is 15.8. The first-order chi connectivity index (χ1) is 23.3. The van der Waals surface area contributed by atoms with Crippen LogP contribution in [0.2, 0.25) is 0 Å². The average Bonchev–Trinajstić information content (AvgIpc) is 3.93. The van der Waals surface area contributed by atoms with Crippen LogP contribution in [0.3, 0.4) is 0 Å². The zero-order valence-corrected chi connectivity index (χ0v) is 26.5. The third-order valence-electron chi connectivity index (χ3n) is 8.06. The molecule has 0 atom stereocenters. The van der Waals surface area contributed by atoms with Crippen molar-refractivity contribution in [2.24, 2.45) is 0 Å². The van der Waals surface area contributed by atoms with E-state index in [-0.39, 0.29) is 0 Å². The average molecular weight is 617 g/mol. The first-order valence-electron chi connectivity index (χ1n) is 15.8. The van der Waals surface area contributed by atoms with Crippen LogP contribution in [0, 0.1) is 0 Å². The molecular formula is C41H40N6. The number of hydrogen-bond donors (Lipinski definition) is 2. The van der Waals surface area contributed by atoms with Crippen molar-refractivity contribution in [1.29, 1.82) is 0 Å². The molecule has 0 radical (unpaired) electrons. The maximum Gasteiger partial charge on any atom is 0.100 e. The number of rotatable bonds is 6. The van der Waals surface area contributed by atoms with Crippen LogP contribution >= 0.6 is 0 Å². The summed E-state index contributed by atoms with van der Waals surface area (Å²) in [5.41, 5.74) is 9.58. The third kappa shape index (κ3) is 7.24. The van der Waals surface area contributed by atoms with E-state index in [1.54, 1.807) is 0 Å². The molecule has 0 saturated heterocycles. The maximum absolute atomic E-state index is 3.77. The number of nitrogens with zero attached hydrogens (tertiary/aromatic N) is 4. The van der Waals surface area contributed by atoms with E-state index in [9.17, 15) is 0 Å². The molecule has 0 bridgehead atoms. The van der Waals surface area contributed by atoms with Gasteiger partial charge in [0.1, 0.15) is 6.67 Å². The van der Waals surface area contributed by atoms with Crippen LogP contribution in [0.5, 0.6) is 0 Å². The Morgan fingerprint density at radius 3 is 1.02 bits per heavy atom. The lowest BCUT2D eigenvalue weighted by molar-refractivity contribution is 0.893. The van der Waals surface area contributed by atoms with Crippen molar-refractivity contribution in [1.82, 2.24) is 10.6 Å². The summed E-state index contributed by atoms with van der Waals surface area (Å²) in [6.07, 6.45) is 7.65. The molecule has 3 aliphatic heterocycles. The predicted molar refractivity (Wildman–Crippen MR) is 199 cm³/mol. The summed E-state index contributed by atoms with van der Waals surface area (Å²) in [5, 5.41) is 6.33. The molecule has 6 heteroatoms. The van der Waals surface area contributed by atoms with E-state index >= 15 is 0 Å². The highest BCUT2D eigenvalue weighted by atomic mass is 15.4. The normalized spacial score (nSPS) is 14.3. The maximum atomic E-state index is 3.77. The number of benzene rings is 5. The van der Waals surface area contributed by atoms with Crippen molar-refractivity contribution in [3.8, 4) is 0 Å². The van der Waals surface area contributed by atoms with Crippen molar-refractivity contribution < 1.29 is 0 Å². The lowest BCUT2D eigenvalue weighted by Crippen LogP contribution is -2.23. The van der Waals surface area contributed by atoms with Gasteiger partial charge in [-0.2, -0.15) is 0 Å². The van der Waals surface area contributed by atoms with Crippen molar-refractivity contribution in [2.75, 3.05) is 39.6 Å². The molecule has 0 saturated carbocycles. The van der Waals surface area contributed by atoms with Gasteiger partial charge in [0.15, 0.2) is 0 Å². The number of hydrogen-bond acceptors (Lipinski definition) is 6. The molecule has 0 aliphatic carbocycles. The van der Waals surface area contributed by atoms with E-state index in [0.29, 0.717) is 0 Å². The number of allylic oxidation sites excluding steroid dienone is 2. The van der Waals surface area contributed by atoms with Crippen LogP contribution in [0.1, 0.15) is 0 Å². The standard InChI is InChI=1S/C19H16N2.2C11H12N2/c1-3-9-16(10-4-1)20-15-21(17-11-5-2-6-12-17)19-14-8-7-13-18(19)20;2*1-2-10-8-12-9-13(10)11-6-4-3-5-7-11/h1-14H,15H2;2*2-8,12H,1,9H2. The molecule has 234 valence electrons. The van der Waals surface area contributed by atoms with Gasteiger partial charge >= 0.3 is 0 Å². The van der Waals surface area contributed by atoms with Crippen molar-refractivity contribution in [3.63, 3.8) is 0 Å². The molecule has 47 heavy (non-hydrogen) atoms. The Hall–Kier alpha value is -6.14. The molecule has 8 rings (SSSR count). The Morgan fingerprint density at radius 1 is 0.404 bits per heavy atom. The highest BCUT2D eigenvalue weighted by Gasteiger charge is 2.27. The second-order valence-corrected chi connectivity index (χ2v) is 11.0. The Morgan fingerprint density at radius 2 is 0.702 bits per heavy atom. The van der Waals surface area contributed by atoms with Crippen molar-refractivity contribution in [3.05, 3.63) is 195 Å². The summed E-state index contributed by atoms with van der Waals surface area (Å²) in [6, 6.07) is 50.2. The van der Waals surface area contributed by atoms with Gasteiger partial charge in [-0.15, -0.1) is 0 Å². The molecule has 0 fully saturated rings. The predicted octanol–water partition coefficient (Wildman–Crippen LogP) is 9.10. The fraction of sp³-hybridized carbons (Fsp3) is 0.0732. The molecule has 0 amide bonds. The summed E-state index contributed by atoms with van der Waals surface area (Å²) in [5.74, 6) is 0.